The first-order valence-corrected chi connectivity index (χ1v) is 4.78. The van der Waals surface area contributed by atoms with Crippen molar-refractivity contribution in [1.82, 2.24) is 0 Å². The first-order valence-electron chi connectivity index (χ1n) is 4.78. The van der Waals surface area contributed by atoms with Gasteiger partial charge in [-0.05, 0) is 0 Å². The van der Waals surface area contributed by atoms with Crippen LogP contribution in [0.2, 0.25) is 0 Å². The molecule has 0 heterocycles. The van der Waals surface area contributed by atoms with Crippen LogP contribution in [0.4, 0.5) is 0 Å². The van der Waals surface area contributed by atoms with Gasteiger partial charge in [0.2, 0.25) is 0 Å². The van der Waals surface area contributed by atoms with E-state index in [4.69, 9.17) is 0 Å². The Labute approximate surface area is 98.9 Å². The van der Waals surface area contributed by atoms with Crippen LogP contribution in [-0.2, 0) is 0 Å². The Bertz CT molecular complexity index is 299. The summed E-state index contributed by atoms with van der Waals surface area (Å²) in [6.45, 7) is 4.30. The van der Waals surface area contributed by atoms with Crippen LogP contribution in [0.5, 0.6) is 0 Å². The fraction of sp³-hybridized carbons (Fsp3) is 0.308. The molecule has 14 heavy (non-hydrogen) atoms. The molecule has 0 radical (unpaired) electrons. The second-order valence-corrected chi connectivity index (χ2v) is 2.93. The van der Waals surface area contributed by atoms with E-state index in [0.29, 0.717) is 0 Å². The minimum atomic E-state index is 0. The molecule has 0 amide bonds. The summed E-state index contributed by atoms with van der Waals surface area (Å²) < 4.78 is 0. The zero-order chi connectivity index (χ0) is 9.52. The van der Waals surface area contributed by atoms with E-state index in [0.717, 1.165) is 18.4 Å². The molecule has 1 aromatic rings. The molecule has 0 unspecified atom stereocenters. The van der Waals surface area contributed by atoms with E-state index >= 15 is 0 Å². The van der Waals surface area contributed by atoms with Gasteiger partial charge in [-0.1, -0.05) is 38.8 Å². The van der Waals surface area contributed by atoms with Crippen LogP contribution in [0.3, 0.4) is 0 Å². The molecular weight excluding hydrogens is 163 g/mol. The van der Waals surface area contributed by atoms with Gasteiger partial charge in [-0.2, -0.15) is 0 Å². The van der Waals surface area contributed by atoms with E-state index < -0.39 is 0 Å². The summed E-state index contributed by atoms with van der Waals surface area (Å²) in [4.78, 5) is 0. The molecule has 0 bridgehead atoms. The van der Waals surface area contributed by atoms with Crippen molar-refractivity contribution in [1.29, 1.82) is 0 Å². The van der Waals surface area contributed by atoms with Crippen molar-refractivity contribution in [3.63, 3.8) is 0 Å². The Morgan fingerprint density at radius 2 is 1.71 bits per heavy atom. The maximum atomic E-state index is 3.20. The van der Waals surface area contributed by atoms with E-state index in [2.05, 4.69) is 25.7 Å². The van der Waals surface area contributed by atoms with E-state index in [-0.39, 0.29) is 18.9 Å². The summed E-state index contributed by atoms with van der Waals surface area (Å²) >= 11 is 0. The Kier molecular flexibility index (Phi) is 7.35. The fourth-order valence-corrected chi connectivity index (χ4v) is 1.11. The molecule has 0 atom stereocenters. The third-order valence-electron chi connectivity index (χ3n) is 2.01. The zero-order valence-electron chi connectivity index (χ0n) is 9.30. The van der Waals surface area contributed by atoms with Gasteiger partial charge in [0.05, 0.1) is 0 Å². The molecule has 0 spiro atoms. The monoisotopic (exact) mass is 178 g/mol. The molecule has 0 aliphatic rings. The van der Waals surface area contributed by atoms with Crippen LogP contribution < -0.4 is 18.9 Å². The number of hydrogen-bond acceptors (Lipinski definition) is 0. The summed E-state index contributed by atoms with van der Waals surface area (Å²) in [5.41, 5.74) is 5.62. The average molecular weight is 178 g/mol. The van der Waals surface area contributed by atoms with Crippen LogP contribution in [0.1, 0.15) is 32.3 Å². The van der Waals surface area contributed by atoms with E-state index in [1.807, 2.05) is 30.3 Å². The van der Waals surface area contributed by atoms with Crippen LogP contribution in [-0.4, -0.2) is 0 Å². The molecule has 0 aromatic heterocycles. The minimum absolute atomic E-state index is 0. The standard InChI is InChI=1S/C13H15.Li/c1-3-12(4-2)10-11-13-8-6-5-7-9-13;/h5-9H,3-4H2,1-2H3;/q-1;+1. The molecule has 0 aliphatic carbocycles. The number of allylic oxidation sites excluding steroid dienone is 1. The number of benzene rings is 1. The predicted molar refractivity (Wildman–Crippen MR) is 56.4 cm³/mol. The van der Waals surface area contributed by atoms with Crippen molar-refractivity contribution in [2.24, 2.45) is 0 Å². The van der Waals surface area contributed by atoms with Crippen molar-refractivity contribution in [3.05, 3.63) is 53.3 Å². The Balaban J connectivity index is 0.00000169. The summed E-state index contributed by atoms with van der Waals surface area (Å²) in [6, 6.07) is 10.1. The molecule has 0 aliphatic heterocycles. The SMILES string of the molecule is CCC(=C=[C-]c1ccccc1)CC.[Li+]. The molecule has 1 aromatic carbocycles. The molecule has 0 nitrogen and oxygen atoms in total. The van der Waals surface area contributed by atoms with Crippen LogP contribution in [0, 0.1) is 6.08 Å². The maximum Gasteiger partial charge on any atom is 1.00 e. The van der Waals surface area contributed by atoms with E-state index in [9.17, 15) is 0 Å². The molecular formula is C13H15Li. The number of hydrogen-bond donors (Lipinski definition) is 0. The third-order valence-corrected chi connectivity index (χ3v) is 2.01. The van der Waals surface area contributed by atoms with Gasteiger partial charge in [0.15, 0.2) is 0 Å². The summed E-state index contributed by atoms with van der Waals surface area (Å²) in [5, 5.41) is 0. The van der Waals surface area contributed by atoms with E-state index in [1.165, 1.54) is 5.57 Å². The largest absolute Gasteiger partial charge is 1.00 e. The van der Waals surface area contributed by atoms with E-state index in [1.54, 1.807) is 0 Å². The van der Waals surface area contributed by atoms with Gasteiger partial charge < -0.3 is 0 Å². The van der Waals surface area contributed by atoms with Crippen LogP contribution in [0.15, 0.2) is 41.6 Å². The smallest absolute Gasteiger partial charge is 0.223 e. The molecule has 1 rings (SSSR count). The number of rotatable bonds is 3. The first-order chi connectivity index (χ1) is 6.36. The summed E-state index contributed by atoms with van der Waals surface area (Å²) in [7, 11) is 0. The predicted octanol–water partition coefficient (Wildman–Crippen LogP) is 0.743. The van der Waals surface area contributed by atoms with Crippen molar-refractivity contribution in [2.75, 3.05) is 0 Å². The molecule has 68 valence electrons. The molecule has 0 saturated carbocycles. The molecule has 1 heteroatoms. The normalized spacial score (nSPS) is 8.43. The van der Waals surface area contributed by atoms with Gasteiger partial charge in [0.1, 0.15) is 0 Å². The van der Waals surface area contributed by atoms with Gasteiger partial charge in [0.25, 0.3) is 0 Å². The zero-order valence-corrected chi connectivity index (χ0v) is 9.30. The quantitative estimate of drug-likeness (QED) is 0.364. The second-order valence-electron chi connectivity index (χ2n) is 2.93. The summed E-state index contributed by atoms with van der Waals surface area (Å²) in [5.74, 6) is 0. The Morgan fingerprint density at radius 3 is 2.21 bits per heavy atom. The molecule has 0 N–H and O–H groups in total. The fourth-order valence-electron chi connectivity index (χ4n) is 1.11. The molecule has 0 saturated heterocycles. The van der Waals surface area contributed by atoms with Crippen LogP contribution in [0.25, 0.3) is 0 Å². The maximum absolute atomic E-state index is 3.20. The van der Waals surface area contributed by atoms with Crippen molar-refractivity contribution >= 4 is 0 Å². The second kappa shape index (κ2) is 7.71. The van der Waals surface area contributed by atoms with Gasteiger partial charge in [-0.3, -0.25) is 0 Å². The third kappa shape index (κ3) is 4.54. The topological polar surface area (TPSA) is 0 Å². The van der Waals surface area contributed by atoms with Gasteiger partial charge >= 0.3 is 18.9 Å². The van der Waals surface area contributed by atoms with Crippen molar-refractivity contribution < 1.29 is 18.9 Å². The van der Waals surface area contributed by atoms with Crippen LogP contribution >= 0.6 is 0 Å². The Hall–Kier alpha value is -0.663. The minimum Gasteiger partial charge on any atom is -0.223 e. The van der Waals surface area contributed by atoms with Gasteiger partial charge in [-0.15, -0.1) is 35.4 Å². The first kappa shape index (κ1) is 13.3. The van der Waals surface area contributed by atoms with Gasteiger partial charge in [-0.25, -0.2) is 5.73 Å². The van der Waals surface area contributed by atoms with Gasteiger partial charge in [0, 0.05) is 0 Å². The molecule has 0 fully saturated rings. The van der Waals surface area contributed by atoms with Crippen molar-refractivity contribution in [3.8, 4) is 0 Å². The Morgan fingerprint density at radius 1 is 1.14 bits per heavy atom. The summed E-state index contributed by atoms with van der Waals surface area (Å²) in [6.07, 6.45) is 5.29. The van der Waals surface area contributed by atoms with Crippen molar-refractivity contribution in [2.45, 2.75) is 26.7 Å². The average Bonchev–Trinajstić information content (AvgIpc) is 2.21.